The van der Waals surface area contributed by atoms with Crippen LogP contribution in [-0.4, -0.2) is 22.8 Å². The van der Waals surface area contributed by atoms with Crippen molar-refractivity contribution in [3.63, 3.8) is 0 Å². The van der Waals surface area contributed by atoms with Crippen LogP contribution in [0.15, 0.2) is 59.4 Å². The molecule has 1 aromatic heterocycles. The van der Waals surface area contributed by atoms with Crippen LogP contribution < -0.4 is 16.4 Å². The van der Waals surface area contributed by atoms with Gasteiger partial charge in [-0.2, -0.15) is 0 Å². The predicted octanol–water partition coefficient (Wildman–Crippen LogP) is 3.21. The third-order valence-electron chi connectivity index (χ3n) is 3.95. The minimum absolute atomic E-state index is 0.210. The molecule has 1 atom stereocenters. The zero-order valence-electron chi connectivity index (χ0n) is 14.8. The molecule has 0 saturated carbocycles. The van der Waals surface area contributed by atoms with E-state index in [2.05, 4.69) is 15.6 Å². The van der Waals surface area contributed by atoms with Crippen molar-refractivity contribution in [2.24, 2.45) is 5.73 Å². The number of aromatic nitrogens is 1. The molecule has 0 radical (unpaired) electrons. The van der Waals surface area contributed by atoms with Crippen LogP contribution in [0.25, 0.3) is 0 Å². The maximum atomic E-state index is 12.3. The molecule has 0 aliphatic heterocycles. The highest BCUT2D eigenvalue weighted by molar-refractivity contribution is 7.07. The van der Waals surface area contributed by atoms with Crippen LogP contribution in [-0.2, 0) is 11.2 Å². The maximum absolute atomic E-state index is 12.3. The zero-order chi connectivity index (χ0) is 19.2. The Morgan fingerprint density at radius 2 is 1.81 bits per heavy atom. The number of hydrogen-bond acceptors (Lipinski definition) is 5. The summed E-state index contributed by atoms with van der Waals surface area (Å²) in [7, 11) is 0. The number of rotatable bonds is 6. The first kappa shape index (κ1) is 18.8. The highest BCUT2D eigenvalue weighted by atomic mass is 32.1. The monoisotopic (exact) mass is 380 g/mol. The second-order valence-electron chi connectivity index (χ2n) is 6.18. The van der Waals surface area contributed by atoms with E-state index in [-0.39, 0.29) is 11.8 Å². The number of thiazole rings is 1. The molecule has 0 spiro atoms. The Hall–Kier alpha value is -3.03. The number of hydrogen-bond donors (Lipinski definition) is 3. The molecule has 4 N–H and O–H groups in total. The van der Waals surface area contributed by atoms with Gasteiger partial charge in [0.2, 0.25) is 5.91 Å². The normalized spacial score (nSPS) is 11.6. The maximum Gasteiger partial charge on any atom is 0.255 e. The lowest BCUT2D eigenvalue weighted by molar-refractivity contribution is -0.117. The Kier molecular flexibility index (Phi) is 5.95. The van der Waals surface area contributed by atoms with E-state index in [9.17, 15) is 9.59 Å². The number of aryl methyl sites for hydroxylation is 1. The van der Waals surface area contributed by atoms with Gasteiger partial charge < -0.3 is 16.4 Å². The predicted molar refractivity (Wildman–Crippen MR) is 108 cm³/mol. The van der Waals surface area contributed by atoms with E-state index in [0.717, 1.165) is 11.3 Å². The number of nitrogens with one attached hydrogen (secondary N) is 2. The summed E-state index contributed by atoms with van der Waals surface area (Å²) < 4.78 is 0. The average molecular weight is 380 g/mol. The number of nitrogens with two attached hydrogens (primary N) is 1. The van der Waals surface area contributed by atoms with Crippen molar-refractivity contribution in [3.8, 4) is 0 Å². The van der Waals surface area contributed by atoms with Gasteiger partial charge in [-0.05, 0) is 37.3 Å². The number of carbonyl (C=O) groups is 2. The highest BCUT2D eigenvalue weighted by Crippen LogP contribution is 2.17. The lowest BCUT2D eigenvalue weighted by Gasteiger charge is -2.12. The van der Waals surface area contributed by atoms with Gasteiger partial charge in [-0.3, -0.25) is 9.59 Å². The summed E-state index contributed by atoms with van der Waals surface area (Å²) in [4.78, 5) is 28.7. The first-order valence-electron chi connectivity index (χ1n) is 8.43. The number of anilines is 2. The molecule has 27 heavy (non-hydrogen) atoms. The summed E-state index contributed by atoms with van der Waals surface area (Å²) >= 11 is 1.47. The van der Waals surface area contributed by atoms with Crippen LogP contribution in [0.1, 0.15) is 21.6 Å². The fraction of sp³-hybridized carbons (Fsp3) is 0.150. The summed E-state index contributed by atoms with van der Waals surface area (Å²) in [5.41, 5.74) is 11.3. The van der Waals surface area contributed by atoms with E-state index in [4.69, 9.17) is 5.73 Å². The van der Waals surface area contributed by atoms with Gasteiger partial charge in [0, 0.05) is 28.7 Å². The number of carbonyl (C=O) groups excluding carboxylic acids is 2. The molecule has 1 heterocycles. The Morgan fingerprint density at radius 1 is 1.11 bits per heavy atom. The molecular formula is C20H20N4O2S. The van der Waals surface area contributed by atoms with E-state index in [1.165, 1.54) is 11.3 Å². The minimum Gasteiger partial charge on any atom is -0.325 e. The van der Waals surface area contributed by atoms with Gasteiger partial charge in [-0.25, -0.2) is 4.98 Å². The van der Waals surface area contributed by atoms with Crippen molar-refractivity contribution in [2.45, 2.75) is 19.4 Å². The molecule has 2 amide bonds. The highest BCUT2D eigenvalue weighted by Gasteiger charge is 2.15. The van der Waals surface area contributed by atoms with E-state index in [0.29, 0.717) is 23.4 Å². The van der Waals surface area contributed by atoms with Gasteiger partial charge in [-0.15, -0.1) is 11.3 Å². The van der Waals surface area contributed by atoms with E-state index < -0.39 is 6.04 Å². The molecule has 138 valence electrons. The summed E-state index contributed by atoms with van der Waals surface area (Å²) in [6.07, 6.45) is 0.374. The number of amides is 2. The summed E-state index contributed by atoms with van der Waals surface area (Å²) in [5, 5.41) is 7.47. The fourth-order valence-electron chi connectivity index (χ4n) is 2.47. The van der Waals surface area contributed by atoms with Gasteiger partial charge in [-0.1, -0.05) is 23.8 Å². The Labute approximate surface area is 161 Å². The summed E-state index contributed by atoms with van der Waals surface area (Å²) in [5.74, 6) is -0.510. The SMILES string of the molecule is Cc1ccc(C(=O)Nc2cccc(NC(=O)[C@@H](N)Cc3cscn3)c2)cc1. The minimum atomic E-state index is -0.696. The van der Waals surface area contributed by atoms with Crippen molar-refractivity contribution in [3.05, 3.63) is 76.2 Å². The van der Waals surface area contributed by atoms with Crippen molar-refractivity contribution in [1.29, 1.82) is 0 Å². The van der Waals surface area contributed by atoms with Gasteiger partial charge in [0.15, 0.2) is 0 Å². The smallest absolute Gasteiger partial charge is 0.255 e. The largest absolute Gasteiger partial charge is 0.325 e. The topological polar surface area (TPSA) is 97.1 Å². The quantitative estimate of drug-likeness (QED) is 0.612. The average Bonchev–Trinajstić information content (AvgIpc) is 3.15. The standard InChI is InChI=1S/C20H20N4O2S/c1-13-5-7-14(8-6-13)19(25)23-15-3-2-4-16(9-15)24-20(26)18(21)10-17-11-27-12-22-17/h2-9,11-12,18H,10,21H2,1H3,(H,23,25)(H,24,26)/t18-/m0/s1. The van der Waals surface area contributed by atoms with E-state index in [1.807, 2.05) is 24.4 Å². The van der Waals surface area contributed by atoms with Crippen LogP contribution in [0.5, 0.6) is 0 Å². The third kappa shape index (κ3) is 5.22. The molecular weight excluding hydrogens is 360 g/mol. The molecule has 7 heteroatoms. The Balaban J connectivity index is 1.62. The van der Waals surface area contributed by atoms with Crippen molar-refractivity contribution < 1.29 is 9.59 Å². The number of benzene rings is 2. The van der Waals surface area contributed by atoms with Gasteiger partial charge in [0.25, 0.3) is 5.91 Å². The fourth-order valence-corrected chi connectivity index (χ4v) is 3.05. The second-order valence-corrected chi connectivity index (χ2v) is 6.90. The molecule has 0 unspecified atom stereocenters. The Bertz CT molecular complexity index is 923. The van der Waals surface area contributed by atoms with Crippen LogP contribution >= 0.6 is 11.3 Å². The molecule has 0 saturated heterocycles. The third-order valence-corrected chi connectivity index (χ3v) is 4.59. The van der Waals surface area contributed by atoms with E-state index in [1.54, 1.807) is 41.9 Å². The summed E-state index contributed by atoms with van der Waals surface area (Å²) in [6.45, 7) is 1.97. The molecule has 6 nitrogen and oxygen atoms in total. The number of nitrogens with zero attached hydrogens (tertiary/aromatic N) is 1. The van der Waals surface area contributed by atoms with Crippen molar-refractivity contribution >= 4 is 34.5 Å². The van der Waals surface area contributed by atoms with Crippen LogP contribution in [0, 0.1) is 6.92 Å². The van der Waals surface area contributed by atoms with Gasteiger partial charge in [0.05, 0.1) is 17.2 Å². The molecule has 3 rings (SSSR count). The Morgan fingerprint density at radius 3 is 2.48 bits per heavy atom. The molecule has 0 bridgehead atoms. The van der Waals surface area contributed by atoms with Crippen LogP contribution in [0.3, 0.4) is 0 Å². The summed E-state index contributed by atoms with van der Waals surface area (Å²) in [6, 6.07) is 13.6. The lowest BCUT2D eigenvalue weighted by Crippen LogP contribution is -2.37. The van der Waals surface area contributed by atoms with Crippen molar-refractivity contribution in [1.82, 2.24) is 4.98 Å². The van der Waals surface area contributed by atoms with Crippen LogP contribution in [0.4, 0.5) is 11.4 Å². The lowest BCUT2D eigenvalue weighted by atomic mass is 10.1. The molecule has 0 aliphatic rings. The molecule has 2 aromatic carbocycles. The molecule has 0 fully saturated rings. The second kappa shape index (κ2) is 8.57. The molecule has 0 aliphatic carbocycles. The zero-order valence-corrected chi connectivity index (χ0v) is 15.6. The first-order valence-corrected chi connectivity index (χ1v) is 9.37. The molecule has 3 aromatic rings. The van der Waals surface area contributed by atoms with E-state index >= 15 is 0 Å². The first-order chi connectivity index (χ1) is 13.0. The van der Waals surface area contributed by atoms with Crippen LogP contribution in [0.2, 0.25) is 0 Å². The van der Waals surface area contributed by atoms with Gasteiger partial charge in [0.1, 0.15) is 0 Å². The van der Waals surface area contributed by atoms with Crippen molar-refractivity contribution in [2.75, 3.05) is 10.6 Å². The van der Waals surface area contributed by atoms with Gasteiger partial charge >= 0.3 is 0 Å².